The molecular formula is C11H9Cl2O3P. The second kappa shape index (κ2) is 4.87. The second-order valence-corrected chi connectivity index (χ2v) is 7.67. The molecule has 90 valence electrons. The van der Waals surface area contributed by atoms with E-state index in [0.717, 1.165) is 16.3 Å². The number of fused-ring (bicyclic) bond motifs is 1. The summed E-state index contributed by atoms with van der Waals surface area (Å²) in [7, 11) is 0. The second-order valence-electron chi connectivity index (χ2n) is 3.51. The number of halogens is 2. The van der Waals surface area contributed by atoms with Gasteiger partial charge in [-0.15, -0.1) is 0 Å². The van der Waals surface area contributed by atoms with Crippen molar-refractivity contribution in [3.63, 3.8) is 0 Å². The van der Waals surface area contributed by atoms with E-state index in [0.29, 0.717) is 5.75 Å². The summed E-state index contributed by atoms with van der Waals surface area (Å²) < 4.78 is 15.5. The van der Waals surface area contributed by atoms with Gasteiger partial charge in [-0.05, 0) is 40.4 Å². The lowest BCUT2D eigenvalue weighted by atomic mass is 10.1. The van der Waals surface area contributed by atoms with Gasteiger partial charge in [-0.1, -0.05) is 41.1 Å². The van der Waals surface area contributed by atoms with Crippen LogP contribution in [0.25, 0.3) is 10.8 Å². The standard InChI is InChI=1S/C11H9Cl2O3P/c1-8-6-7-9-4-2-3-5-10(9)11(8)15-16-17(12,13)14/h2-7H,1H3. The highest BCUT2D eigenvalue weighted by atomic mass is 35.9. The van der Waals surface area contributed by atoms with Crippen molar-refractivity contribution in [3.8, 4) is 5.75 Å². The molecule has 0 aliphatic carbocycles. The third kappa shape index (κ3) is 3.14. The van der Waals surface area contributed by atoms with Crippen molar-refractivity contribution in [2.45, 2.75) is 6.92 Å². The largest absolute Gasteiger partial charge is 0.417 e. The Labute approximate surface area is 108 Å². The molecule has 0 heterocycles. The van der Waals surface area contributed by atoms with Crippen LogP contribution in [0.5, 0.6) is 5.75 Å². The summed E-state index contributed by atoms with van der Waals surface area (Å²) in [5.74, 6) is 0.463. The number of hydrogen-bond donors (Lipinski definition) is 0. The van der Waals surface area contributed by atoms with Gasteiger partial charge < -0.3 is 4.89 Å². The smallest absolute Gasteiger partial charge is 0.328 e. The molecule has 0 amide bonds. The van der Waals surface area contributed by atoms with E-state index in [9.17, 15) is 4.57 Å². The monoisotopic (exact) mass is 290 g/mol. The Bertz CT molecular complexity index is 594. The van der Waals surface area contributed by atoms with Crippen LogP contribution in [0.3, 0.4) is 0 Å². The van der Waals surface area contributed by atoms with E-state index in [1.54, 1.807) is 0 Å². The predicted octanol–water partition coefficient (Wildman–Crippen LogP) is 5.04. The van der Waals surface area contributed by atoms with Crippen molar-refractivity contribution in [1.82, 2.24) is 0 Å². The van der Waals surface area contributed by atoms with E-state index in [2.05, 4.69) is 4.67 Å². The highest BCUT2D eigenvalue weighted by Gasteiger charge is 2.18. The molecule has 0 aliphatic rings. The van der Waals surface area contributed by atoms with Crippen LogP contribution in [-0.2, 0) is 9.24 Å². The van der Waals surface area contributed by atoms with Gasteiger partial charge in [0.1, 0.15) is 0 Å². The minimum absolute atomic E-state index is 0.463. The molecule has 2 aromatic carbocycles. The molecule has 0 saturated heterocycles. The molecule has 0 saturated carbocycles. The molecule has 2 aromatic rings. The highest BCUT2D eigenvalue weighted by molar-refractivity contribution is 8.05. The maximum Gasteiger partial charge on any atom is 0.417 e. The Morgan fingerprint density at radius 3 is 2.53 bits per heavy atom. The lowest BCUT2D eigenvalue weighted by Crippen LogP contribution is -1.93. The zero-order valence-corrected chi connectivity index (χ0v) is 11.3. The molecule has 6 heteroatoms. The molecule has 3 nitrogen and oxygen atoms in total. The van der Waals surface area contributed by atoms with Gasteiger partial charge in [-0.3, -0.25) is 4.57 Å². The highest BCUT2D eigenvalue weighted by Crippen LogP contribution is 2.57. The molecule has 0 N–H and O–H groups in total. The van der Waals surface area contributed by atoms with E-state index in [1.807, 2.05) is 43.3 Å². The third-order valence-electron chi connectivity index (χ3n) is 2.28. The van der Waals surface area contributed by atoms with Crippen molar-refractivity contribution < 1.29 is 14.1 Å². The van der Waals surface area contributed by atoms with Crippen molar-refractivity contribution in [3.05, 3.63) is 42.0 Å². The Morgan fingerprint density at radius 1 is 1.12 bits per heavy atom. The van der Waals surface area contributed by atoms with Gasteiger partial charge in [0.2, 0.25) is 0 Å². The normalized spacial score (nSPS) is 11.7. The average molecular weight is 291 g/mol. The molecule has 0 aromatic heterocycles. The van der Waals surface area contributed by atoms with Crippen molar-refractivity contribution in [2.75, 3.05) is 0 Å². The van der Waals surface area contributed by atoms with Crippen LogP contribution in [0, 0.1) is 6.92 Å². The van der Waals surface area contributed by atoms with Crippen LogP contribution in [0.1, 0.15) is 5.56 Å². The summed E-state index contributed by atoms with van der Waals surface area (Å²) in [5, 5.41) is 1.82. The first-order valence-electron chi connectivity index (χ1n) is 4.81. The minimum Gasteiger partial charge on any atom is -0.328 e. The molecule has 17 heavy (non-hydrogen) atoms. The van der Waals surface area contributed by atoms with Crippen LogP contribution in [0.15, 0.2) is 36.4 Å². The topological polar surface area (TPSA) is 35.5 Å². The quantitative estimate of drug-likeness (QED) is 0.451. The summed E-state index contributed by atoms with van der Waals surface area (Å²) in [4.78, 5) is 4.99. The molecule has 0 fully saturated rings. The van der Waals surface area contributed by atoms with Gasteiger partial charge in [-0.25, -0.2) is 0 Å². The molecule has 0 aliphatic heterocycles. The molecule has 0 unspecified atom stereocenters. The van der Waals surface area contributed by atoms with Crippen molar-refractivity contribution >= 4 is 39.3 Å². The maximum atomic E-state index is 11.0. The molecule has 2 rings (SSSR count). The van der Waals surface area contributed by atoms with Gasteiger partial charge in [0.05, 0.1) is 0 Å². The number of hydrogen-bond acceptors (Lipinski definition) is 3. The van der Waals surface area contributed by atoms with E-state index >= 15 is 0 Å². The molecule has 0 spiro atoms. The zero-order chi connectivity index (χ0) is 12.5. The first-order chi connectivity index (χ1) is 7.97. The van der Waals surface area contributed by atoms with Crippen molar-refractivity contribution in [1.29, 1.82) is 0 Å². The summed E-state index contributed by atoms with van der Waals surface area (Å²) in [6, 6.07) is 11.4. The first kappa shape index (κ1) is 12.7. The number of aryl methyl sites for hydroxylation is 1. The van der Waals surface area contributed by atoms with Gasteiger partial charge >= 0.3 is 6.07 Å². The Morgan fingerprint density at radius 2 is 1.82 bits per heavy atom. The lowest BCUT2D eigenvalue weighted by molar-refractivity contribution is -0.0896. The Balaban J connectivity index is 2.44. The van der Waals surface area contributed by atoms with Crippen molar-refractivity contribution in [2.24, 2.45) is 0 Å². The van der Waals surface area contributed by atoms with E-state index in [4.69, 9.17) is 27.4 Å². The van der Waals surface area contributed by atoms with Gasteiger partial charge in [0, 0.05) is 5.39 Å². The molecule has 0 bridgehead atoms. The Hall–Kier alpha value is -0.730. The maximum absolute atomic E-state index is 11.0. The van der Waals surface area contributed by atoms with E-state index in [1.165, 1.54) is 0 Å². The van der Waals surface area contributed by atoms with Gasteiger partial charge in [0.25, 0.3) is 0 Å². The SMILES string of the molecule is Cc1ccc2ccccc2c1OOP(=O)(Cl)Cl. The van der Waals surface area contributed by atoms with Crippen LogP contribution in [0.2, 0.25) is 0 Å². The first-order valence-corrected chi connectivity index (χ1v) is 8.25. The predicted molar refractivity (Wildman–Crippen MR) is 69.7 cm³/mol. The van der Waals surface area contributed by atoms with Crippen LogP contribution < -0.4 is 4.89 Å². The van der Waals surface area contributed by atoms with Gasteiger partial charge in [-0.2, -0.15) is 0 Å². The van der Waals surface area contributed by atoms with Gasteiger partial charge in [0.15, 0.2) is 5.75 Å². The fraction of sp³-hybridized carbons (Fsp3) is 0.0909. The third-order valence-corrected chi connectivity index (χ3v) is 2.87. The Kier molecular flexibility index (Phi) is 3.64. The molecule has 0 radical (unpaired) electrons. The zero-order valence-electron chi connectivity index (χ0n) is 8.89. The summed E-state index contributed by atoms with van der Waals surface area (Å²) in [6.45, 7) is 1.85. The van der Waals surface area contributed by atoms with Crippen LogP contribution in [-0.4, -0.2) is 0 Å². The molecular weight excluding hydrogens is 282 g/mol. The fourth-order valence-corrected chi connectivity index (χ4v) is 1.87. The van der Waals surface area contributed by atoms with Crippen LogP contribution >= 0.6 is 28.6 Å². The lowest BCUT2D eigenvalue weighted by Gasteiger charge is -2.10. The summed E-state index contributed by atoms with van der Waals surface area (Å²) in [5.41, 5.74) is 0.838. The summed E-state index contributed by atoms with van der Waals surface area (Å²) in [6.07, 6.45) is -3.71. The fourth-order valence-electron chi connectivity index (χ4n) is 1.54. The molecule has 0 atom stereocenters. The van der Waals surface area contributed by atoms with Crippen LogP contribution in [0.4, 0.5) is 0 Å². The average Bonchev–Trinajstić information content (AvgIpc) is 2.26. The van der Waals surface area contributed by atoms with E-state index < -0.39 is 6.07 Å². The minimum atomic E-state index is -3.71. The number of rotatable bonds is 3. The van der Waals surface area contributed by atoms with E-state index in [-0.39, 0.29) is 0 Å². The summed E-state index contributed by atoms with van der Waals surface area (Å²) >= 11 is 10.5. The number of benzene rings is 2.